The highest BCUT2D eigenvalue weighted by Crippen LogP contribution is 2.36. The molecule has 0 saturated carbocycles. The van der Waals surface area contributed by atoms with Crippen LogP contribution in [-0.4, -0.2) is 84.7 Å². The number of benzene rings is 1. The van der Waals surface area contributed by atoms with Crippen LogP contribution in [0.5, 0.6) is 0 Å². The van der Waals surface area contributed by atoms with Gasteiger partial charge in [0.25, 0.3) is 6.10 Å². The molecule has 190 valence electrons. The fourth-order valence-electron chi connectivity index (χ4n) is 4.04. The smallest absolute Gasteiger partial charge is 0.434 e. The third-order valence-electron chi connectivity index (χ3n) is 6.00. The van der Waals surface area contributed by atoms with Gasteiger partial charge in [0.1, 0.15) is 0 Å². The minimum atomic E-state index is -5.74. The number of amides is 1. The van der Waals surface area contributed by atoms with Crippen molar-refractivity contribution in [2.24, 2.45) is 5.92 Å². The molecule has 0 bridgehead atoms. The van der Waals surface area contributed by atoms with Gasteiger partial charge in [0.2, 0.25) is 0 Å². The molecule has 2 aliphatic rings. The maximum Gasteiger partial charge on any atom is 0.434 e. The summed E-state index contributed by atoms with van der Waals surface area (Å²) in [6, 6.07) is 7.68. The molecule has 2 heterocycles. The van der Waals surface area contributed by atoms with E-state index in [-0.39, 0.29) is 32.1 Å². The number of carboxylic acid groups (broad SMARTS) is 1. The summed E-state index contributed by atoms with van der Waals surface area (Å²) in [4.78, 5) is 27.8. The number of ether oxygens (including phenoxy) is 1. The summed E-state index contributed by atoms with van der Waals surface area (Å²) in [5.41, 5.74) is 1.93. The van der Waals surface area contributed by atoms with Crippen LogP contribution >= 0.6 is 0 Å². The number of hydrogen-bond acceptors (Lipinski definition) is 5. The maximum absolute atomic E-state index is 12.6. The molecule has 0 aromatic heterocycles. The minimum Gasteiger partial charge on any atom is -0.481 e. The summed E-state index contributed by atoms with van der Waals surface area (Å²) in [5.74, 6) is -1.09. The fourth-order valence-corrected chi connectivity index (χ4v) is 4.04. The summed E-state index contributed by atoms with van der Waals surface area (Å²) < 4.78 is 79.3. The summed E-state index contributed by atoms with van der Waals surface area (Å²) >= 11 is 0. The van der Waals surface area contributed by atoms with E-state index in [0.717, 1.165) is 16.2 Å². The van der Waals surface area contributed by atoms with Gasteiger partial charge in [0, 0.05) is 51.5 Å². The molecule has 0 atom stereocenters. The van der Waals surface area contributed by atoms with Crippen LogP contribution in [0.25, 0.3) is 0 Å². The molecule has 1 N–H and O–H groups in total. The molecule has 2 saturated heterocycles. The predicted molar refractivity (Wildman–Crippen MR) is 108 cm³/mol. The molecule has 0 aliphatic carbocycles. The van der Waals surface area contributed by atoms with Gasteiger partial charge < -0.3 is 19.6 Å². The van der Waals surface area contributed by atoms with Gasteiger partial charge in [0.15, 0.2) is 0 Å². The predicted octanol–water partition coefficient (Wildman–Crippen LogP) is 3.74. The van der Waals surface area contributed by atoms with Crippen LogP contribution in [0.15, 0.2) is 24.3 Å². The number of halogens is 6. The van der Waals surface area contributed by atoms with Gasteiger partial charge in [-0.2, -0.15) is 26.3 Å². The number of piperidine rings is 1. The Morgan fingerprint density at radius 2 is 1.44 bits per heavy atom. The van der Waals surface area contributed by atoms with Gasteiger partial charge in [-0.25, -0.2) is 4.79 Å². The van der Waals surface area contributed by atoms with Gasteiger partial charge >= 0.3 is 24.4 Å². The molecule has 0 radical (unpaired) electrons. The molecular formula is C21H25F6N3O4. The molecule has 2 aliphatic heterocycles. The maximum atomic E-state index is 12.6. The Labute approximate surface area is 191 Å². The van der Waals surface area contributed by atoms with Crippen molar-refractivity contribution >= 4 is 17.7 Å². The van der Waals surface area contributed by atoms with Crippen molar-refractivity contribution in [3.8, 4) is 0 Å². The van der Waals surface area contributed by atoms with Gasteiger partial charge in [-0.1, -0.05) is 12.1 Å². The number of carbonyl (C=O) groups excluding carboxylic acids is 1. The highest BCUT2D eigenvalue weighted by Gasteiger charge is 2.60. The topological polar surface area (TPSA) is 73.3 Å². The number of carboxylic acids is 1. The average molecular weight is 497 g/mol. The van der Waals surface area contributed by atoms with Crippen LogP contribution in [0.4, 0.5) is 36.8 Å². The first-order chi connectivity index (χ1) is 15.8. The number of nitrogens with zero attached hydrogens (tertiary/aromatic N) is 3. The zero-order valence-corrected chi connectivity index (χ0v) is 18.1. The highest BCUT2D eigenvalue weighted by atomic mass is 19.4. The second-order valence-electron chi connectivity index (χ2n) is 8.38. The van der Waals surface area contributed by atoms with Gasteiger partial charge in [0.05, 0.1) is 5.92 Å². The first-order valence-electron chi connectivity index (χ1n) is 10.7. The summed E-state index contributed by atoms with van der Waals surface area (Å²) in [6.07, 6.45) is -16.1. The number of rotatable bonds is 5. The lowest BCUT2D eigenvalue weighted by Gasteiger charge is -2.35. The first kappa shape index (κ1) is 25.9. The third-order valence-corrected chi connectivity index (χ3v) is 6.00. The van der Waals surface area contributed by atoms with E-state index in [1.807, 2.05) is 29.2 Å². The Kier molecular flexibility index (Phi) is 7.84. The number of alkyl halides is 6. The Morgan fingerprint density at radius 1 is 0.912 bits per heavy atom. The quantitative estimate of drug-likeness (QED) is 0.626. The summed E-state index contributed by atoms with van der Waals surface area (Å²) in [7, 11) is 0. The van der Waals surface area contributed by atoms with Gasteiger partial charge in [-0.15, -0.1) is 0 Å². The lowest BCUT2D eigenvalue weighted by molar-refractivity contribution is -0.308. The van der Waals surface area contributed by atoms with Crippen LogP contribution in [0, 0.1) is 5.92 Å². The highest BCUT2D eigenvalue weighted by molar-refractivity contribution is 5.70. The molecule has 3 rings (SSSR count). The van der Waals surface area contributed by atoms with E-state index < -0.39 is 30.5 Å². The Morgan fingerprint density at radius 3 is 1.91 bits per heavy atom. The molecule has 1 amide bonds. The zero-order chi connectivity index (χ0) is 25.1. The second-order valence-corrected chi connectivity index (χ2v) is 8.38. The van der Waals surface area contributed by atoms with Crippen LogP contribution in [0.3, 0.4) is 0 Å². The molecule has 7 nitrogen and oxygen atoms in total. The van der Waals surface area contributed by atoms with E-state index in [0.29, 0.717) is 32.5 Å². The SMILES string of the molecule is O=C(O)C1CCN(c2ccc(CN3CCN(C(=O)OC(C(F)(F)F)C(F)(F)F)CC3)cc2)CC1. The Balaban J connectivity index is 1.47. The first-order valence-corrected chi connectivity index (χ1v) is 10.7. The standard InChI is InChI=1S/C21H25F6N3O4/c22-20(23,24)18(21(25,26)27)34-19(33)30-11-9-28(10-12-30)13-14-1-3-16(4-2-14)29-7-5-15(6-8-29)17(31)32/h1-4,15,18H,5-13H2,(H,31,32). The molecule has 0 spiro atoms. The van der Waals surface area contributed by atoms with Crippen molar-refractivity contribution in [3.63, 3.8) is 0 Å². The minimum absolute atomic E-state index is 0.0577. The molecule has 2 fully saturated rings. The van der Waals surface area contributed by atoms with E-state index in [4.69, 9.17) is 5.11 Å². The van der Waals surface area contributed by atoms with Crippen molar-refractivity contribution in [3.05, 3.63) is 29.8 Å². The van der Waals surface area contributed by atoms with E-state index in [2.05, 4.69) is 9.64 Å². The molecule has 1 aromatic carbocycles. The van der Waals surface area contributed by atoms with Gasteiger partial charge in [-0.05, 0) is 30.5 Å². The lowest BCUT2D eigenvalue weighted by atomic mass is 9.96. The number of carbonyl (C=O) groups is 2. The number of piperazine rings is 1. The largest absolute Gasteiger partial charge is 0.481 e. The van der Waals surface area contributed by atoms with Crippen LogP contribution in [0.2, 0.25) is 0 Å². The summed E-state index contributed by atoms with van der Waals surface area (Å²) in [5, 5.41) is 9.09. The zero-order valence-electron chi connectivity index (χ0n) is 18.1. The van der Waals surface area contributed by atoms with Crippen molar-refractivity contribution in [2.75, 3.05) is 44.2 Å². The molecule has 13 heteroatoms. The van der Waals surface area contributed by atoms with Crippen LogP contribution in [0.1, 0.15) is 18.4 Å². The van der Waals surface area contributed by atoms with Crippen molar-refractivity contribution in [2.45, 2.75) is 37.8 Å². The van der Waals surface area contributed by atoms with Crippen molar-refractivity contribution in [1.29, 1.82) is 0 Å². The van der Waals surface area contributed by atoms with E-state index in [9.17, 15) is 35.9 Å². The lowest BCUT2D eigenvalue weighted by Crippen LogP contribution is -2.52. The molecule has 0 unspecified atom stereocenters. The Bertz CT molecular complexity index is 832. The molecular weight excluding hydrogens is 472 g/mol. The molecule has 1 aromatic rings. The average Bonchev–Trinajstić information content (AvgIpc) is 2.77. The van der Waals surface area contributed by atoms with Crippen molar-refractivity contribution in [1.82, 2.24) is 9.80 Å². The number of aliphatic carboxylic acids is 1. The third kappa shape index (κ3) is 6.67. The Hall–Kier alpha value is -2.70. The fraction of sp³-hybridized carbons (Fsp3) is 0.619. The van der Waals surface area contributed by atoms with E-state index >= 15 is 0 Å². The second kappa shape index (κ2) is 10.3. The number of anilines is 1. The normalized spacial score (nSPS) is 18.9. The van der Waals surface area contributed by atoms with Crippen LogP contribution in [-0.2, 0) is 16.1 Å². The van der Waals surface area contributed by atoms with E-state index in [1.165, 1.54) is 0 Å². The van der Waals surface area contributed by atoms with Gasteiger partial charge in [-0.3, -0.25) is 9.69 Å². The summed E-state index contributed by atoms with van der Waals surface area (Å²) in [6.45, 7) is 2.22. The number of hydrogen-bond donors (Lipinski definition) is 1. The van der Waals surface area contributed by atoms with Crippen molar-refractivity contribution < 1.29 is 45.8 Å². The van der Waals surface area contributed by atoms with Crippen LogP contribution < -0.4 is 4.90 Å². The molecule has 34 heavy (non-hydrogen) atoms. The monoisotopic (exact) mass is 497 g/mol. The van der Waals surface area contributed by atoms with E-state index in [1.54, 1.807) is 0 Å².